The van der Waals surface area contributed by atoms with Crippen molar-refractivity contribution in [2.75, 3.05) is 0 Å². The SMILES string of the molecule is C=CC(=C)CC[C@@]1(C)[C@H](C)[C@@H](OC(=O)/C=C/c2ccc(O)cc2)[C@H](O)[C@@]23C(=C[C@H](OC(=O)CCC)C[C@@H]12)[C@@H](OC(C)=O)O[C@H]3OC(C)=O. The highest BCUT2D eigenvalue weighted by Gasteiger charge is 2.74. The Bertz CT molecular complexity index is 1480. The summed E-state index contributed by atoms with van der Waals surface area (Å²) in [5.41, 5.74) is -0.690. The second-order valence-electron chi connectivity index (χ2n) is 13.1. The molecule has 1 saturated heterocycles. The molecule has 4 rings (SSSR count). The molecule has 1 aromatic carbocycles. The number of aliphatic hydroxyl groups excluding tert-OH is 1. The van der Waals surface area contributed by atoms with Gasteiger partial charge in [0, 0.05) is 37.8 Å². The van der Waals surface area contributed by atoms with E-state index in [1.54, 1.807) is 24.3 Å². The molecule has 48 heavy (non-hydrogen) atoms. The third kappa shape index (κ3) is 7.27. The van der Waals surface area contributed by atoms with E-state index in [0.29, 0.717) is 24.8 Å². The van der Waals surface area contributed by atoms with Gasteiger partial charge >= 0.3 is 23.9 Å². The van der Waals surface area contributed by atoms with Crippen molar-refractivity contribution in [2.24, 2.45) is 22.7 Å². The summed E-state index contributed by atoms with van der Waals surface area (Å²) in [6.45, 7) is 16.1. The fraction of sp³-hybridized carbons (Fsp3) is 0.514. The van der Waals surface area contributed by atoms with Gasteiger partial charge in [0.2, 0.25) is 12.6 Å². The standard InChI is InChI=1S/C37H46O11/c1-8-10-30(41)46-27-19-28-34(44-23(5)38)48-35(45-24(6)39)37(28)29(20-27)36(7,18-17-21(3)9-2)22(4)32(33(37)43)47-31(42)16-13-25-11-14-26(40)15-12-25/h9,11-16,19,22,27,29,32-35,40,43H,2-3,8,10,17-18,20H2,1,4-7H3/b16-13+/t22-,27+,29+,32-,33+,34+,35-,36+,37-/m1/s1. The molecular formula is C37H46O11. The summed E-state index contributed by atoms with van der Waals surface area (Å²) in [6.07, 6.45) is 1.71. The molecule has 2 fully saturated rings. The molecule has 2 aliphatic carbocycles. The fourth-order valence-electron chi connectivity index (χ4n) is 7.55. The van der Waals surface area contributed by atoms with Crippen molar-refractivity contribution < 1.29 is 53.1 Å². The molecule has 1 spiro atoms. The number of ether oxygens (including phenoxy) is 5. The maximum atomic E-state index is 13.4. The van der Waals surface area contributed by atoms with Crippen molar-refractivity contribution in [3.63, 3.8) is 0 Å². The van der Waals surface area contributed by atoms with E-state index in [2.05, 4.69) is 13.2 Å². The Kier molecular flexibility index (Phi) is 11.4. The summed E-state index contributed by atoms with van der Waals surface area (Å²) in [6, 6.07) is 6.22. The van der Waals surface area contributed by atoms with E-state index in [-0.39, 0.29) is 24.2 Å². The number of phenols is 1. The number of allylic oxidation sites excluding steroid dienone is 2. The van der Waals surface area contributed by atoms with Gasteiger partial charge in [0.25, 0.3) is 0 Å². The van der Waals surface area contributed by atoms with E-state index in [9.17, 15) is 29.4 Å². The van der Waals surface area contributed by atoms with Crippen molar-refractivity contribution in [1.82, 2.24) is 0 Å². The van der Waals surface area contributed by atoms with E-state index < -0.39 is 77.4 Å². The van der Waals surface area contributed by atoms with Gasteiger partial charge in [-0.05, 0) is 66.9 Å². The highest BCUT2D eigenvalue weighted by molar-refractivity contribution is 5.87. The van der Waals surface area contributed by atoms with Crippen LogP contribution in [0.5, 0.6) is 5.75 Å². The predicted octanol–water partition coefficient (Wildman–Crippen LogP) is 5.31. The number of rotatable bonds is 12. The molecule has 2 N–H and O–H groups in total. The molecule has 1 heterocycles. The normalized spacial score (nSPS) is 32.3. The summed E-state index contributed by atoms with van der Waals surface area (Å²) in [4.78, 5) is 50.9. The Morgan fingerprint density at radius 1 is 1.04 bits per heavy atom. The molecule has 1 aromatic rings. The Hall–Kier alpha value is -4.22. The van der Waals surface area contributed by atoms with Crippen LogP contribution in [0.2, 0.25) is 0 Å². The lowest BCUT2D eigenvalue weighted by molar-refractivity contribution is -0.276. The maximum absolute atomic E-state index is 13.4. The number of aromatic hydroxyl groups is 1. The third-order valence-corrected chi connectivity index (χ3v) is 10.0. The van der Waals surface area contributed by atoms with Gasteiger partial charge in [-0.1, -0.05) is 57.7 Å². The van der Waals surface area contributed by atoms with Gasteiger partial charge in [-0.3, -0.25) is 19.1 Å². The predicted molar refractivity (Wildman–Crippen MR) is 174 cm³/mol. The Morgan fingerprint density at radius 3 is 2.31 bits per heavy atom. The van der Waals surface area contributed by atoms with Crippen molar-refractivity contribution in [3.05, 3.63) is 72.4 Å². The number of hydrogen-bond donors (Lipinski definition) is 2. The number of hydrogen-bond acceptors (Lipinski definition) is 11. The summed E-state index contributed by atoms with van der Waals surface area (Å²) in [7, 11) is 0. The number of carbonyl (C=O) groups excluding carboxylic acids is 4. The summed E-state index contributed by atoms with van der Waals surface area (Å²) in [5, 5.41) is 22.1. The Morgan fingerprint density at radius 2 is 1.71 bits per heavy atom. The number of benzene rings is 1. The highest BCUT2D eigenvalue weighted by Crippen LogP contribution is 2.67. The summed E-state index contributed by atoms with van der Waals surface area (Å²) < 4.78 is 29.4. The largest absolute Gasteiger partial charge is 0.508 e. The van der Waals surface area contributed by atoms with Crippen LogP contribution < -0.4 is 0 Å². The average molecular weight is 667 g/mol. The van der Waals surface area contributed by atoms with Crippen LogP contribution in [0.4, 0.5) is 0 Å². The molecule has 11 nitrogen and oxygen atoms in total. The number of esters is 4. The monoisotopic (exact) mass is 666 g/mol. The zero-order chi connectivity index (χ0) is 35.4. The summed E-state index contributed by atoms with van der Waals surface area (Å²) >= 11 is 0. The van der Waals surface area contributed by atoms with Crippen molar-refractivity contribution >= 4 is 30.0 Å². The van der Waals surface area contributed by atoms with Gasteiger partial charge in [0.15, 0.2) is 0 Å². The topological polar surface area (TPSA) is 155 Å². The molecule has 0 radical (unpaired) electrons. The van der Waals surface area contributed by atoms with E-state index in [4.69, 9.17) is 23.7 Å². The molecule has 260 valence electrons. The first-order valence-corrected chi connectivity index (χ1v) is 16.2. The van der Waals surface area contributed by atoms with Gasteiger partial charge in [-0.15, -0.1) is 0 Å². The molecule has 1 saturated carbocycles. The lowest BCUT2D eigenvalue weighted by Crippen LogP contribution is -2.68. The van der Waals surface area contributed by atoms with E-state index in [0.717, 1.165) is 5.57 Å². The molecular weight excluding hydrogens is 620 g/mol. The second kappa shape index (κ2) is 14.9. The minimum atomic E-state index is -1.57. The minimum absolute atomic E-state index is 0.0768. The first kappa shape index (κ1) is 36.6. The van der Waals surface area contributed by atoms with Crippen LogP contribution in [0.15, 0.2) is 66.8 Å². The van der Waals surface area contributed by atoms with Crippen LogP contribution in [0, 0.1) is 22.7 Å². The Labute approximate surface area is 281 Å². The average Bonchev–Trinajstić information content (AvgIpc) is 3.32. The van der Waals surface area contributed by atoms with Crippen molar-refractivity contribution in [2.45, 2.75) is 97.6 Å². The lowest BCUT2D eigenvalue weighted by Gasteiger charge is -2.62. The number of carbonyl (C=O) groups is 4. The number of phenolic OH excluding ortho intramolecular Hbond substituents is 1. The highest BCUT2D eigenvalue weighted by atomic mass is 16.8. The van der Waals surface area contributed by atoms with Gasteiger partial charge in [0.05, 0.1) is 5.41 Å². The first-order chi connectivity index (χ1) is 22.7. The zero-order valence-corrected chi connectivity index (χ0v) is 28.2. The Balaban J connectivity index is 1.88. The molecule has 0 unspecified atom stereocenters. The maximum Gasteiger partial charge on any atom is 0.331 e. The molecule has 9 atom stereocenters. The quantitative estimate of drug-likeness (QED) is 0.0981. The van der Waals surface area contributed by atoms with E-state index in [1.807, 2.05) is 20.8 Å². The van der Waals surface area contributed by atoms with Crippen LogP contribution >= 0.6 is 0 Å². The van der Waals surface area contributed by atoms with Crippen LogP contribution in [0.25, 0.3) is 6.08 Å². The van der Waals surface area contributed by atoms with Crippen LogP contribution in [-0.2, 0) is 42.9 Å². The van der Waals surface area contributed by atoms with Crippen molar-refractivity contribution in [3.8, 4) is 5.75 Å². The third-order valence-electron chi connectivity index (χ3n) is 10.0. The van der Waals surface area contributed by atoms with E-state index in [1.165, 1.54) is 38.1 Å². The summed E-state index contributed by atoms with van der Waals surface area (Å²) in [5.74, 6) is -3.56. The molecule has 3 aliphatic rings. The fourth-order valence-corrected chi connectivity index (χ4v) is 7.55. The molecule has 11 heteroatoms. The van der Waals surface area contributed by atoms with Crippen molar-refractivity contribution in [1.29, 1.82) is 0 Å². The van der Waals surface area contributed by atoms with Gasteiger partial charge in [-0.25, -0.2) is 4.79 Å². The lowest BCUT2D eigenvalue weighted by atomic mass is 9.44. The minimum Gasteiger partial charge on any atom is -0.508 e. The first-order valence-electron chi connectivity index (χ1n) is 16.2. The number of aliphatic hydroxyl groups is 1. The van der Waals surface area contributed by atoms with Gasteiger partial charge in [0.1, 0.15) is 24.1 Å². The smallest absolute Gasteiger partial charge is 0.331 e. The molecule has 0 aromatic heterocycles. The van der Waals surface area contributed by atoms with Gasteiger partial charge in [-0.2, -0.15) is 0 Å². The van der Waals surface area contributed by atoms with Gasteiger partial charge < -0.3 is 29.2 Å². The van der Waals surface area contributed by atoms with Crippen LogP contribution in [-0.4, -0.2) is 65.0 Å². The van der Waals surface area contributed by atoms with E-state index >= 15 is 0 Å². The molecule has 0 bridgehead atoms. The van der Waals surface area contributed by atoms with Crippen LogP contribution in [0.3, 0.4) is 0 Å². The second-order valence-corrected chi connectivity index (χ2v) is 13.1. The zero-order valence-electron chi connectivity index (χ0n) is 28.2. The molecule has 1 aliphatic heterocycles. The molecule has 0 amide bonds. The van der Waals surface area contributed by atoms with Crippen LogP contribution in [0.1, 0.15) is 72.3 Å².